The Labute approximate surface area is 178 Å². The number of ether oxygens (including phenoxy) is 1. The fourth-order valence-electron chi connectivity index (χ4n) is 3.44. The van der Waals surface area contributed by atoms with Crippen molar-refractivity contribution in [2.45, 2.75) is 19.8 Å². The zero-order chi connectivity index (χ0) is 21.1. The fourth-order valence-corrected chi connectivity index (χ4v) is 3.73. The van der Waals surface area contributed by atoms with E-state index in [1.165, 1.54) is 6.07 Å². The number of hydrogen-bond donors (Lipinski definition) is 2. The van der Waals surface area contributed by atoms with Gasteiger partial charge in [0.1, 0.15) is 5.92 Å². The number of carbonyl (C=O) groups is 3. The first-order valence-corrected chi connectivity index (χ1v) is 10.1. The number of esters is 1. The molecule has 0 saturated carbocycles. The van der Waals surface area contributed by atoms with Crippen LogP contribution in [0.15, 0.2) is 29.5 Å². The van der Waals surface area contributed by atoms with Crippen molar-refractivity contribution in [3.05, 3.63) is 45.1 Å². The molecule has 2 fully saturated rings. The smallest absolute Gasteiger partial charge is 0.316 e. The average Bonchev–Trinajstić information content (AvgIpc) is 2.70. The normalized spacial score (nSPS) is 22.3. The minimum absolute atomic E-state index is 0.0987. The van der Waals surface area contributed by atoms with Crippen molar-refractivity contribution in [3.63, 3.8) is 0 Å². The Balaban J connectivity index is 1.86. The van der Waals surface area contributed by atoms with Crippen LogP contribution in [0.4, 0.5) is 0 Å². The van der Waals surface area contributed by atoms with E-state index >= 15 is 0 Å². The first kappa shape index (κ1) is 21.3. The Kier molecular flexibility index (Phi) is 6.59. The second kappa shape index (κ2) is 8.97. The Hall–Kier alpha value is -2.38. The molecule has 2 N–H and O–H groups in total. The number of piperidine rings is 2. The van der Waals surface area contributed by atoms with E-state index < -0.39 is 17.7 Å². The third kappa shape index (κ3) is 4.46. The molecule has 2 aliphatic heterocycles. The number of carbonyl (C=O) groups excluding carboxylic acids is 3. The van der Waals surface area contributed by atoms with Crippen LogP contribution in [0.1, 0.15) is 30.1 Å². The number of ketones is 1. The average molecular weight is 438 g/mol. The number of halogens is 2. The highest BCUT2D eigenvalue weighted by Gasteiger charge is 2.37. The van der Waals surface area contributed by atoms with Crippen LogP contribution in [0.25, 0.3) is 0 Å². The molecule has 0 bridgehead atoms. The molecule has 0 spiro atoms. The van der Waals surface area contributed by atoms with Gasteiger partial charge in [-0.1, -0.05) is 23.2 Å². The Morgan fingerprint density at radius 2 is 2.07 bits per heavy atom. The lowest BCUT2D eigenvalue weighted by atomic mass is 9.88. The van der Waals surface area contributed by atoms with Crippen LogP contribution in [0, 0.1) is 11.3 Å². The summed E-state index contributed by atoms with van der Waals surface area (Å²) in [6, 6.07) is 4.64. The Morgan fingerprint density at radius 3 is 2.76 bits per heavy atom. The summed E-state index contributed by atoms with van der Waals surface area (Å²) in [6.45, 7) is 2.75. The third-order valence-corrected chi connectivity index (χ3v) is 5.71. The molecular formula is C20H21Cl2N3O4. The lowest BCUT2D eigenvalue weighted by Crippen LogP contribution is -2.45. The number of benzene rings is 1. The van der Waals surface area contributed by atoms with Crippen LogP contribution in [-0.4, -0.2) is 54.5 Å². The van der Waals surface area contributed by atoms with Gasteiger partial charge in [0.15, 0.2) is 5.78 Å². The minimum Gasteiger partial charge on any atom is -0.465 e. The molecular weight excluding hydrogens is 417 g/mol. The summed E-state index contributed by atoms with van der Waals surface area (Å²) in [5.74, 6) is -2.09. The zero-order valence-corrected chi connectivity index (χ0v) is 17.4. The number of nitrogens with zero attached hydrogens (tertiary/aromatic N) is 1. The number of rotatable bonds is 3. The van der Waals surface area contributed by atoms with Crippen LogP contribution < -0.4 is 5.32 Å². The lowest BCUT2D eigenvalue weighted by Gasteiger charge is -2.33. The molecule has 1 aromatic rings. The summed E-state index contributed by atoms with van der Waals surface area (Å²) >= 11 is 11.9. The molecule has 0 aliphatic carbocycles. The van der Waals surface area contributed by atoms with Gasteiger partial charge >= 0.3 is 5.97 Å². The van der Waals surface area contributed by atoms with Crippen molar-refractivity contribution in [1.82, 2.24) is 10.2 Å². The van der Waals surface area contributed by atoms with Gasteiger partial charge in [-0.05, 0) is 31.5 Å². The van der Waals surface area contributed by atoms with Crippen LogP contribution >= 0.6 is 23.2 Å². The van der Waals surface area contributed by atoms with Gasteiger partial charge in [0.2, 0.25) is 0 Å². The van der Waals surface area contributed by atoms with Gasteiger partial charge in [-0.15, -0.1) is 0 Å². The summed E-state index contributed by atoms with van der Waals surface area (Å²) in [4.78, 5) is 39.4. The lowest BCUT2D eigenvalue weighted by molar-refractivity contribution is -0.151. The number of amides is 1. The van der Waals surface area contributed by atoms with Gasteiger partial charge in [0.25, 0.3) is 5.91 Å². The summed E-state index contributed by atoms with van der Waals surface area (Å²) in [5, 5.41) is 11.9. The maximum atomic E-state index is 12.9. The number of Topliss-reactive ketones (excluding diaryl/α,β-unsaturated/α-hetero) is 1. The topological polar surface area (TPSA) is 99.6 Å². The molecule has 0 radical (unpaired) electrons. The largest absolute Gasteiger partial charge is 0.465 e. The predicted octanol–water partition coefficient (Wildman–Crippen LogP) is 2.85. The van der Waals surface area contributed by atoms with Crippen LogP contribution in [0.3, 0.4) is 0 Å². The molecule has 0 aromatic heterocycles. The van der Waals surface area contributed by atoms with Crippen molar-refractivity contribution in [3.8, 4) is 0 Å². The van der Waals surface area contributed by atoms with Crippen molar-refractivity contribution in [1.29, 1.82) is 5.41 Å². The first-order valence-electron chi connectivity index (χ1n) is 9.33. The van der Waals surface area contributed by atoms with E-state index in [9.17, 15) is 14.4 Å². The van der Waals surface area contributed by atoms with E-state index in [0.717, 1.165) is 0 Å². The standard InChI is InChI=1S/C20H21Cl2N3O4/c1-2-29-20(28)12-5-7-24-17(18(12)26)13-10-25(8-6-16(13)23)19(27)11-3-4-14(21)15(22)9-11/h3-4,9,12,23-24H,2,5-8,10H2,1H3/b17-13-,23-16?. The van der Waals surface area contributed by atoms with Crippen molar-refractivity contribution in [2.24, 2.45) is 5.92 Å². The van der Waals surface area contributed by atoms with Crippen molar-refractivity contribution >= 4 is 46.6 Å². The second-order valence-corrected chi connectivity index (χ2v) is 7.64. The molecule has 1 unspecified atom stereocenters. The SMILES string of the molecule is CCOC(=O)C1CCN/C(=C2/CN(C(=O)c3ccc(Cl)c(Cl)c3)CCC2=N)C1=O. The molecule has 7 nitrogen and oxygen atoms in total. The third-order valence-electron chi connectivity index (χ3n) is 4.97. The van der Waals surface area contributed by atoms with Crippen molar-refractivity contribution < 1.29 is 19.1 Å². The second-order valence-electron chi connectivity index (χ2n) is 6.82. The molecule has 1 amide bonds. The molecule has 3 rings (SSSR count). The van der Waals surface area contributed by atoms with E-state index in [1.54, 1.807) is 24.0 Å². The predicted molar refractivity (Wildman–Crippen MR) is 109 cm³/mol. The highest BCUT2D eigenvalue weighted by atomic mass is 35.5. The summed E-state index contributed by atoms with van der Waals surface area (Å²) in [5.41, 5.74) is 1.32. The fraction of sp³-hybridized carbons (Fsp3) is 0.400. The van der Waals surface area contributed by atoms with Crippen LogP contribution in [0.5, 0.6) is 0 Å². The van der Waals surface area contributed by atoms with E-state index in [-0.39, 0.29) is 35.5 Å². The maximum absolute atomic E-state index is 12.9. The van der Waals surface area contributed by atoms with Gasteiger partial charge in [-0.2, -0.15) is 0 Å². The van der Waals surface area contributed by atoms with Gasteiger partial charge in [0.05, 0.1) is 22.3 Å². The highest BCUT2D eigenvalue weighted by Crippen LogP contribution is 2.26. The summed E-state index contributed by atoms with van der Waals surface area (Å²) in [6.07, 6.45) is 0.651. The van der Waals surface area contributed by atoms with E-state index in [2.05, 4.69) is 5.32 Å². The van der Waals surface area contributed by atoms with Crippen molar-refractivity contribution in [2.75, 3.05) is 26.2 Å². The van der Waals surface area contributed by atoms with E-state index in [4.69, 9.17) is 33.3 Å². The molecule has 9 heteroatoms. The summed E-state index contributed by atoms with van der Waals surface area (Å²) < 4.78 is 5.00. The molecule has 1 aromatic carbocycles. The molecule has 2 saturated heterocycles. The quantitative estimate of drug-likeness (QED) is 0.430. The number of hydrogen-bond acceptors (Lipinski definition) is 6. The zero-order valence-electron chi connectivity index (χ0n) is 15.9. The maximum Gasteiger partial charge on any atom is 0.316 e. The Morgan fingerprint density at radius 1 is 1.31 bits per heavy atom. The van der Waals surface area contributed by atoms with E-state index in [0.29, 0.717) is 42.1 Å². The molecule has 2 heterocycles. The monoisotopic (exact) mass is 437 g/mol. The van der Waals surface area contributed by atoms with Crippen LogP contribution in [0.2, 0.25) is 10.0 Å². The Bertz CT molecular complexity index is 913. The van der Waals surface area contributed by atoms with Gasteiger partial charge in [-0.3, -0.25) is 14.4 Å². The molecule has 154 valence electrons. The highest BCUT2D eigenvalue weighted by molar-refractivity contribution is 6.42. The first-order chi connectivity index (χ1) is 13.8. The van der Waals surface area contributed by atoms with Gasteiger partial charge in [0, 0.05) is 42.9 Å². The number of allylic oxidation sites excluding steroid dienone is 1. The van der Waals surface area contributed by atoms with Gasteiger partial charge in [-0.25, -0.2) is 0 Å². The van der Waals surface area contributed by atoms with E-state index in [1.807, 2.05) is 0 Å². The molecule has 1 atom stereocenters. The van der Waals surface area contributed by atoms with Crippen LogP contribution in [-0.2, 0) is 14.3 Å². The van der Waals surface area contributed by atoms with Gasteiger partial charge < -0.3 is 20.4 Å². The number of nitrogens with one attached hydrogen (secondary N) is 2. The number of likely N-dealkylation sites (tertiary alicyclic amines) is 1. The molecule has 29 heavy (non-hydrogen) atoms. The summed E-state index contributed by atoms with van der Waals surface area (Å²) in [7, 11) is 0. The minimum atomic E-state index is -0.882. The molecule has 2 aliphatic rings.